The average Bonchev–Trinajstić information content (AvgIpc) is 2.92. The Morgan fingerprint density at radius 3 is 2.05 bits per heavy atom. The van der Waals surface area contributed by atoms with Crippen LogP contribution in [0, 0.1) is 0 Å². The van der Waals surface area contributed by atoms with Crippen LogP contribution in [0.5, 0.6) is 0 Å². The van der Waals surface area contributed by atoms with Gasteiger partial charge in [0.25, 0.3) is 0 Å². The van der Waals surface area contributed by atoms with Gasteiger partial charge in [-0.3, -0.25) is 9.59 Å². The van der Waals surface area contributed by atoms with E-state index in [1.54, 1.807) is 65.8 Å². The topological polar surface area (TPSA) is 114 Å². The summed E-state index contributed by atoms with van der Waals surface area (Å²) in [5, 5.41) is 5.43. The molecule has 0 spiro atoms. The molecule has 9 nitrogen and oxygen atoms in total. The number of esters is 1. The van der Waals surface area contributed by atoms with Gasteiger partial charge in [0, 0.05) is 12.0 Å². The number of nitrogens with one attached hydrogen (secondary N) is 2. The van der Waals surface area contributed by atoms with Crippen molar-refractivity contribution in [3.8, 4) is 0 Å². The van der Waals surface area contributed by atoms with Crippen LogP contribution in [-0.2, 0) is 30.3 Å². The van der Waals surface area contributed by atoms with Gasteiger partial charge in [0.2, 0.25) is 11.8 Å². The van der Waals surface area contributed by atoms with Crippen molar-refractivity contribution < 1.29 is 28.7 Å². The van der Waals surface area contributed by atoms with E-state index in [-0.39, 0.29) is 6.42 Å². The molecule has 9 heteroatoms. The van der Waals surface area contributed by atoms with Crippen LogP contribution in [0.25, 0.3) is 6.08 Å². The summed E-state index contributed by atoms with van der Waals surface area (Å²) in [5.41, 5.74) is -0.263. The minimum Gasteiger partial charge on any atom is -0.458 e. The van der Waals surface area contributed by atoms with Crippen LogP contribution in [0.4, 0.5) is 4.79 Å². The van der Waals surface area contributed by atoms with Crippen molar-refractivity contribution in [2.45, 2.75) is 104 Å². The first-order chi connectivity index (χ1) is 20.4. The lowest BCUT2D eigenvalue weighted by Gasteiger charge is -2.43. The molecule has 0 aliphatic rings. The van der Waals surface area contributed by atoms with Crippen LogP contribution >= 0.6 is 0 Å². The molecule has 0 aliphatic carbocycles. The van der Waals surface area contributed by atoms with E-state index in [9.17, 15) is 19.2 Å². The monoisotopic (exact) mass is 607 g/mol. The number of amides is 3. The second-order valence-electron chi connectivity index (χ2n) is 13.3. The maximum absolute atomic E-state index is 14.4. The number of ether oxygens (including phenoxy) is 2. The number of benzene rings is 2. The Bertz CT molecular complexity index is 1310. The summed E-state index contributed by atoms with van der Waals surface area (Å²) in [4.78, 5) is 55.7. The molecule has 0 aliphatic heterocycles. The van der Waals surface area contributed by atoms with Crippen LogP contribution in [0.3, 0.4) is 0 Å². The van der Waals surface area contributed by atoms with Crippen LogP contribution in [0.1, 0.15) is 91.5 Å². The van der Waals surface area contributed by atoms with Gasteiger partial charge in [-0.15, -0.1) is 0 Å². The van der Waals surface area contributed by atoms with Crippen LogP contribution in [0.15, 0.2) is 61.2 Å². The Kier molecular flexibility index (Phi) is 12.3. The van der Waals surface area contributed by atoms with Crippen molar-refractivity contribution >= 4 is 30.0 Å². The zero-order valence-corrected chi connectivity index (χ0v) is 27.7. The number of carbonyl (C=O) groups is 4. The first kappa shape index (κ1) is 36.1. The molecule has 2 atom stereocenters. The lowest BCUT2D eigenvalue weighted by Crippen LogP contribution is -2.57. The second kappa shape index (κ2) is 15.0. The number of alkyl carbamates (subject to hydrolysis) is 1. The number of hydrogen-bond acceptors (Lipinski definition) is 6. The minimum absolute atomic E-state index is 0.187. The Labute approximate surface area is 262 Å². The van der Waals surface area contributed by atoms with Crippen LogP contribution in [0.2, 0.25) is 0 Å². The molecular formula is C35H49N3O6. The van der Waals surface area contributed by atoms with E-state index >= 15 is 0 Å². The van der Waals surface area contributed by atoms with Crippen LogP contribution < -0.4 is 10.6 Å². The molecule has 2 rings (SSSR count). The minimum atomic E-state index is -1.15. The van der Waals surface area contributed by atoms with Crippen molar-refractivity contribution in [1.82, 2.24) is 15.5 Å². The lowest BCUT2D eigenvalue weighted by atomic mass is 9.92. The average molecular weight is 608 g/mol. The highest BCUT2D eigenvalue weighted by molar-refractivity contribution is 5.93. The summed E-state index contributed by atoms with van der Waals surface area (Å²) in [7, 11) is 0. The van der Waals surface area contributed by atoms with Crippen molar-refractivity contribution in [2.75, 3.05) is 6.54 Å². The fourth-order valence-electron chi connectivity index (χ4n) is 4.49. The number of nitrogens with zero attached hydrogens (tertiary/aromatic N) is 1. The van der Waals surface area contributed by atoms with E-state index in [1.165, 1.54) is 4.90 Å². The number of hydrogen-bond donors (Lipinski definition) is 2. The van der Waals surface area contributed by atoms with Crippen LogP contribution in [-0.4, -0.2) is 58.1 Å². The summed E-state index contributed by atoms with van der Waals surface area (Å²) in [5.74, 6) is -1.65. The molecule has 0 radical (unpaired) electrons. The Balaban J connectivity index is 2.59. The molecule has 44 heavy (non-hydrogen) atoms. The first-order valence-corrected chi connectivity index (χ1v) is 15.0. The molecule has 2 N–H and O–H groups in total. The van der Waals surface area contributed by atoms with Gasteiger partial charge in [-0.2, -0.15) is 0 Å². The van der Waals surface area contributed by atoms with E-state index in [0.29, 0.717) is 12.0 Å². The van der Waals surface area contributed by atoms with Gasteiger partial charge in [0.05, 0.1) is 0 Å². The number of carbonyl (C=O) groups excluding carboxylic acids is 4. The molecule has 3 amide bonds. The van der Waals surface area contributed by atoms with Crippen molar-refractivity contribution in [3.05, 3.63) is 77.9 Å². The van der Waals surface area contributed by atoms with Crippen molar-refractivity contribution in [3.63, 3.8) is 0 Å². The van der Waals surface area contributed by atoms with Gasteiger partial charge in [-0.25, -0.2) is 9.59 Å². The molecule has 0 fully saturated rings. The maximum Gasteiger partial charge on any atom is 0.408 e. The third-order valence-corrected chi connectivity index (χ3v) is 6.83. The second-order valence-corrected chi connectivity index (χ2v) is 13.3. The fraction of sp³-hybridized carbons (Fsp3) is 0.486. The molecule has 0 aromatic heterocycles. The van der Waals surface area contributed by atoms with Gasteiger partial charge in [0.15, 0.2) is 0 Å². The molecule has 2 aromatic rings. The summed E-state index contributed by atoms with van der Waals surface area (Å²) < 4.78 is 11.0. The van der Waals surface area contributed by atoms with E-state index in [1.807, 2.05) is 57.2 Å². The van der Waals surface area contributed by atoms with Crippen molar-refractivity contribution in [2.24, 2.45) is 0 Å². The van der Waals surface area contributed by atoms with E-state index in [4.69, 9.17) is 9.47 Å². The molecular weight excluding hydrogens is 558 g/mol. The van der Waals surface area contributed by atoms with Gasteiger partial charge in [-0.1, -0.05) is 68.1 Å². The molecule has 2 unspecified atom stereocenters. The maximum atomic E-state index is 14.4. The third kappa shape index (κ3) is 11.2. The van der Waals surface area contributed by atoms with Crippen molar-refractivity contribution in [1.29, 1.82) is 0 Å². The molecule has 0 saturated carbocycles. The highest BCUT2D eigenvalue weighted by atomic mass is 16.6. The largest absolute Gasteiger partial charge is 0.458 e. The highest BCUT2D eigenvalue weighted by Gasteiger charge is 2.41. The number of rotatable bonds is 12. The normalized spacial score (nSPS) is 13.2. The Morgan fingerprint density at radius 2 is 1.50 bits per heavy atom. The molecule has 0 saturated heterocycles. The highest BCUT2D eigenvalue weighted by Crippen LogP contribution is 2.32. The molecule has 0 heterocycles. The SMILES string of the molecule is C=Cc1cccc(C(C(=O)NC(Cc2ccccc2)C(=O)OC(C)(C)C)N(C(=O)CNC(=O)OC(C)(C)C)C(C)(C)CC)c1. The smallest absolute Gasteiger partial charge is 0.408 e. The third-order valence-electron chi connectivity index (χ3n) is 6.83. The Morgan fingerprint density at radius 1 is 0.886 bits per heavy atom. The van der Waals surface area contributed by atoms with Gasteiger partial charge in [-0.05, 0) is 84.6 Å². The summed E-state index contributed by atoms with van der Waals surface area (Å²) >= 11 is 0. The van der Waals surface area contributed by atoms with Gasteiger partial charge >= 0.3 is 12.1 Å². The summed E-state index contributed by atoms with van der Waals surface area (Å²) in [6.07, 6.45) is 1.59. The predicted molar refractivity (Wildman–Crippen MR) is 173 cm³/mol. The standard InChI is InChI=1S/C35H49N3O6/c1-11-24-19-16-20-26(21-24)29(38(35(9,10)12-2)28(39)23-36-32(42)44-34(6,7)8)30(40)37-27(31(41)43-33(3,4)5)22-25-17-14-13-15-18-25/h11,13-21,27,29H,1,12,22-23H2,2-10H3,(H,36,42)(H,37,40). The Hall–Kier alpha value is -4.14. The van der Waals surface area contributed by atoms with E-state index in [2.05, 4.69) is 17.2 Å². The first-order valence-electron chi connectivity index (χ1n) is 15.0. The molecule has 240 valence electrons. The fourth-order valence-corrected chi connectivity index (χ4v) is 4.49. The van der Waals surface area contributed by atoms with E-state index < -0.39 is 59.2 Å². The lowest BCUT2D eigenvalue weighted by molar-refractivity contribution is -0.159. The zero-order chi connectivity index (χ0) is 33.3. The van der Waals surface area contributed by atoms with Gasteiger partial charge in [0.1, 0.15) is 29.8 Å². The zero-order valence-electron chi connectivity index (χ0n) is 27.7. The summed E-state index contributed by atoms with van der Waals surface area (Å²) in [6.45, 7) is 19.5. The van der Waals surface area contributed by atoms with E-state index in [0.717, 1.165) is 11.1 Å². The quantitative estimate of drug-likeness (QED) is 0.287. The predicted octanol–water partition coefficient (Wildman–Crippen LogP) is 5.98. The van der Waals surface area contributed by atoms with Gasteiger partial charge < -0.3 is 25.0 Å². The molecule has 2 aromatic carbocycles. The summed E-state index contributed by atoms with van der Waals surface area (Å²) in [6, 6.07) is 14.3. The molecule has 0 bridgehead atoms.